The molecule has 0 radical (unpaired) electrons. The summed E-state index contributed by atoms with van der Waals surface area (Å²) >= 11 is 3.30. The lowest BCUT2D eigenvalue weighted by Gasteiger charge is -2.09. The normalized spacial score (nSPS) is 10.5. The fourth-order valence-corrected chi connectivity index (χ4v) is 2.01. The molecule has 0 atom stereocenters. The number of anilines is 3. The molecule has 0 saturated carbocycles. The van der Waals surface area contributed by atoms with Crippen LogP contribution in [-0.4, -0.2) is 9.97 Å². The number of nitrogens with zero attached hydrogens (tertiary/aromatic N) is 2. The van der Waals surface area contributed by atoms with E-state index >= 15 is 0 Å². The Hall–Kier alpha value is -1.69. The molecule has 2 aromatic rings. The van der Waals surface area contributed by atoms with Gasteiger partial charge in [-0.2, -0.15) is 0 Å². The van der Waals surface area contributed by atoms with Gasteiger partial charge >= 0.3 is 0 Å². The summed E-state index contributed by atoms with van der Waals surface area (Å²) in [6.45, 7) is 2.04. The molecule has 19 heavy (non-hydrogen) atoms. The Labute approximate surface area is 119 Å². The van der Waals surface area contributed by atoms with Gasteiger partial charge in [0, 0.05) is 17.0 Å². The monoisotopic (exact) mass is 324 g/mol. The van der Waals surface area contributed by atoms with Crippen LogP contribution in [0.25, 0.3) is 0 Å². The van der Waals surface area contributed by atoms with Gasteiger partial charge in [-0.05, 0) is 24.6 Å². The van der Waals surface area contributed by atoms with Gasteiger partial charge in [-0.15, -0.1) is 0 Å². The molecule has 1 aromatic heterocycles. The zero-order valence-corrected chi connectivity index (χ0v) is 12.0. The van der Waals surface area contributed by atoms with E-state index in [9.17, 15) is 4.39 Å². The summed E-state index contributed by atoms with van der Waals surface area (Å²) in [5.41, 5.74) is 6.06. The van der Waals surface area contributed by atoms with Crippen molar-refractivity contribution in [1.29, 1.82) is 0 Å². The maximum Gasteiger partial charge on any atom is 0.146 e. The predicted molar refractivity (Wildman–Crippen MR) is 77.8 cm³/mol. The first-order valence-corrected chi connectivity index (χ1v) is 6.73. The lowest BCUT2D eigenvalue weighted by atomic mass is 10.3. The molecular weight excluding hydrogens is 311 g/mol. The molecule has 6 heteroatoms. The minimum Gasteiger partial charge on any atom is -0.384 e. The number of benzene rings is 1. The number of aromatic nitrogens is 2. The molecule has 0 saturated heterocycles. The number of nitrogens with two attached hydrogens (primary N) is 1. The molecule has 0 fully saturated rings. The van der Waals surface area contributed by atoms with Crippen LogP contribution in [0.2, 0.25) is 0 Å². The van der Waals surface area contributed by atoms with E-state index in [0.717, 1.165) is 17.3 Å². The number of nitrogens with one attached hydrogen (secondary N) is 1. The van der Waals surface area contributed by atoms with Gasteiger partial charge in [-0.3, -0.25) is 0 Å². The quantitative estimate of drug-likeness (QED) is 0.900. The summed E-state index contributed by atoms with van der Waals surface area (Å²) in [4.78, 5) is 8.43. The molecule has 100 valence electrons. The Balaban J connectivity index is 2.29. The smallest absolute Gasteiger partial charge is 0.146 e. The largest absolute Gasteiger partial charge is 0.384 e. The van der Waals surface area contributed by atoms with Crippen molar-refractivity contribution in [2.24, 2.45) is 0 Å². The van der Waals surface area contributed by atoms with Crippen LogP contribution < -0.4 is 11.1 Å². The first-order chi connectivity index (χ1) is 9.08. The van der Waals surface area contributed by atoms with E-state index in [4.69, 9.17) is 5.73 Å². The number of nitrogen functional groups attached to an aromatic ring is 1. The van der Waals surface area contributed by atoms with Crippen LogP contribution in [0.3, 0.4) is 0 Å². The van der Waals surface area contributed by atoms with Crippen LogP contribution in [0.15, 0.2) is 28.7 Å². The van der Waals surface area contributed by atoms with Gasteiger partial charge < -0.3 is 11.1 Å². The van der Waals surface area contributed by atoms with E-state index in [0.29, 0.717) is 23.1 Å². The molecule has 0 aliphatic carbocycles. The van der Waals surface area contributed by atoms with Crippen LogP contribution in [0, 0.1) is 5.82 Å². The Kier molecular flexibility index (Phi) is 4.31. The number of rotatable bonds is 4. The highest BCUT2D eigenvalue weighted by molar-refractivity contribution is 9.10. The Morgan fingerprint density at radius 2 is 2.11 bits per heavy atom. The van der Waals surface area contributed by atoms with Gasteiger partial charge in [-0.1, -0.05) is 22.9 Å². The van der Waals surface area contributed by atoms with Crippen LogP contribution in [0.5, 0.6) is 0 Å². The van der Waals surface area contributed by atoms with Crippen LogP contribution in [0.1, 0.15) is 19.2 Å². The lowest BCUT2D eigenvalue weighted by Crippen LogP contribution is -2.04. The first-order valence-electron chi connectivity index (χ1n) is 5.94. The van der Waals surface area contributed by atoms with Gasteiger partial charge in [0.25, 0.3) is 0 Å². The van der Waals surface area contributed by atoms with Crippen molar-refractivity contribution in [3.05, 3.63) is 40.4 Å². The van der Waals surface area contributed by atoms with Crippen molar-refractivity contribution in [3.8, 4) is 0 Å². The zero-order valence-electron chi connectivity index (χ0n) is 10.5. The molecule has 1 heterocycles. The van der Waals surface area contributed by atoms with Crippen LogP contribution in [-0.2, 0) is 6.42 Å². The van der Waals surface area contributed by atoms with Crippen molar-refractivity contribution >= 4 is 33.3 Å². The average molecular weight is 325 g/mol. The van der Waals surface area contributed by atoms with E-state index in [1.54, 1.807) is 18.2 Å². The molecule has 0 spiro atoms. The second kappa shape index (κ2) is 5.97. The number of halogens is 2. The van der Waals surface area contributed by atoms with Gasteiger partial charge in [0.2, 0.25) is 0 Å². The molecule has 2 rings (SSSR count). The van der Waals surface area contributed by atoms with Crippen molar-refractivity contribution in [2.75, 3.05) is 11.1 Å². The van der Waals surface area contributed by atoms with Crippen molar-refractivity contribution in [1.82, 2.24) is 9.97 Å². The van der Waals surface area contributed by atoms with Gasteiger partial charge in [0.05, 0.1) is 5.69 Å². The van der Waals surface area contributed by atoms with E-state index in [1.807, 2.05) is 6.92 Å². The molecule has 0 unspecified atom stereocenters. The van der Waals surface area contributed by atoms with Crippen molar-refractivity contribution < 1.29 is 4.39 Å². The molecule has 0 bridgehead atoms. The highest BCUT2D eigenvalue weighted by Gasteiger charge is 2.06. The van der Waals surface area contributed by atoms with Crippen molar-refractivity contribution in [2.45, 2.75) is 19.8 Å². The second-order valence-corrected chi connectivity index (χ2v) is 5.01. The molecule has 1 aromatic carbocycles. The van der Waals surface area contributed by atoms with E-state index < -0.39 is 0 Å². The van der Waals surface area contributed by atoms with Gasteiger partial charge in [0.1, 0.15) is 23.3 Å². The Bertz CT molecular complexity index is 589. The zero-order chi connectivity index (χ0) is 13.8. The number of hydrogen-bond donors (Lipinski definition) is 2. The first kappa shape index (κ1) is 13.7. The highest BCUT2D eigenvalue weighted by atomic mass is 79.9. The number of aryl methyl sites for hydroxylation is 1. The standard InChI is InChI=1S/C13H14BrFN4/c1-2-3-12-18-11(16)7-13(19-12)17-10-6-8(14)4-5-9(10)15/h4-7H,2-3H2,1H3,(H3,16,17,18,19). The second-order valence-electron chi connectivity index (χ2n) is 4.09. The Morgan fingerprint density at radius 1 is 1.32 bits per heavy atom. The maximum absolute atomic E-state index is 13.6. The van der Waals surface area contributed by atoms with E-state index in [-0.39, 0.29) is 5.82 Å². The third-order valence-corrected chi connectivity index (χ3v) is 2.95. The molecule has 4 nitrogen and oxygen atoms in total. The van der Waals surface area contributed by atoms with E-state index in [1.165, 1.54) is 6.07 Å². The van der Waals surface area contributed by atoms with Gasteiger partial charge in [-0.25, -0.2) is 14.4 Å². The summed E-state index contributed by atoms with van der Waals surface area (Å²) in [5, 5.41) is 2.92. The maximum atomic E-state index is 13.6. The third kappa shape index (κ3) is 3.64. The van der Waals surface area contributed by atoms with Crippen LogP contribution >= 0.6 is 15.9 Å². The number of hydrogen-bond acceptors (Lipinski definition) is 4. The minimum atomic E-state index is -0.350. The summed E-state index contributed by atoms with van der Waals surface area (Å²) in [6.07, 6.45) is 1.66. The Morgan fingerprint density at radius 3 is 2.84 bits per heavy atom. The summed E-state index contributed by atoms with van der Waals surface area (Å²) < 4.78 is 14.4. The molecule has 0 aliphatic heterocycles. The van der Waals surface area contributed by atoms with Crippen molar-refractivity contribution in [3.63, 3.8) is 0 Å². The van der Waals surface area contributed by atoms with Gasteiger partial charge in [0.15, 0.2) is 0 Å². The molecule has 3 N–H and O–H groups in total. The fourth-order valence-electron chi connectivity index (χ4n) is 1.65. The average Bonchev–Trinajstić information content (AvgIpc) is 2.33. The molecular formula is C13H14BrFN4. The fraction of sp³-hybridized carbons (Fsp3) is 0.231. The lowest BCUT2D eigenvalue weighted by molar-refractivity contribution is 0.631. The SMILES string of the molecule is CCCc1nc(N)cc(Nc2cc(Br)ccc2F)n1. The predicted octanol–water partition coefficient (Wildman–Crippen LogP) is 3.66. The molecule has 0 amide bonds. The highest BCUT2D eigenvalue weighted by Crippen LogP contribution is 2.23. The molecule has 0 aliphatic rings. The summed E-state index contributed by atoms with van der Waals surface area (Å²) in [7, 11) is 0. The van der Waals surface area contributed by atoms with Crippen LogP contribution in [0.4, 0.5) is 21.7 Å². The topological polar surface area (TPSA) is 63.8 Å². The third-order valence-electron chi connectivity index (χ3n) is 2.46. The van der Waals surface area contributed by atoms with E-state index in [2.05, 4.69) is 31.2 Å². The minimum absolute atomic E-state index is 0.343. The summed E-state index contributed by atoms with van der Waals surface area (Å²) in [5.74, 6) is 1.17. The summed E-state index contributed by atoms with van der Waals surface area (Å²) in [6, 6.07) is 6.24.